The van der Waals surface area contributed by atoms with Crippen LogP contribution in [0.15, 0.2) is 23.7 Å². The maximum absolute atomic E-state index is 9.49. The van der Waals surface area contributed by atoms with Gasteiger partial charge in [0.1, 0.15) is 5.82 Å². The van der Waals surface area contributed by atoms with E-state index in [1.165, 1.54) is 19.4 Å². The lowest BCUT2D eigenvalue weighted by Gasteiger charge is -2.28. The maximum Gasteiger partial charge on any atom is 0.300 e. The number of nitriles is 1. The Balaban J connectivity index is 1.52. The first-order valence-electron chi connectivity index (χ1n) is 10.9. The van der Waals surface area contributed by atoms with Crippen molar-refractivity contribution in [3.05, 3.63) is 35.1 Å². The Hall–Kier alpha value is -2.02. The zero-order valence-corrected chi connectivity index (χ0v) is 17.3. The third kappa shape index (κ3) is 5.28. The van der Waals surface area contributed by atoms with Crippen molar-refractivity contribution in [3.63, 3.8) is 0 Å². The van der Waals surface area contributed by atoms with Gasteiger partial charge in [-0.1, -0.05) is 12.2 Å². The Morgan fingerprint density at radius 1 is 1.11 bits per heavy atom. The predicted octanol–water partition coefficient (Wildman–Crippen LogP) is 2.74. The number of nitrogens with zero attached hydrogens (tertiary/aromatic N) is 6. The van der Waals surface area contributed by atoms with Crippen LogP contribution >= 0.6 is 0 Å². The first kappa shape index (κ1) is 20.7. The molecule has 0 aromatic heterocycles. The van der Waals surface area contributed by atoms with Crippen LogP contribution in [0.25, 0.3) is 4.85 Å². The summed E-state index contributed by atoms with van der Waals surface area (Å²) in [6.07, 6.45) is 10.5. The fourth-order valence-electron chi connectivity index (χ4n) is 4.68. The molecule has 0 spiro atoms. The molecule has 2 fully saturated rings. The van der Waals surface area contributed by atoms with E-state index in [1.54, 1.807) is 0 Å². The monoisotopic (exact) mass is 382 g/mol. The van der Waals surface area contributed by atoms with Crippen LogP contribution in [0.4, 0.5) is 0 Å². The summed E-state index contributed by atoms with van der Waals surface area (Å²) in [6.45, 7) is 19.1. The molecule has 6 heteroatoms. The van der Waals surface area contributed by atoms with Gasteiger partial charge in [0.2, 0.25) is 0 Å². The largest absolute Gasteiger partial charge is 0.365 e. The van der Waals surface area contributed by atoms with E-state index in [-0.39, 0.29) is 5.70 Å². The molecule has 152 valence electrons. The zero-order chi connectivity index (χ0) is 19.8. The second-order valence-corrected chi connectivity index (χ2v) is 8.16. The maximum atomic E-state index is 9.49. The van der Waals surface area contributed by atoms with E-state index in [9.17, 15) is 5.26 Å². The first-order valence-corrected chi connectivity index (χ1v) is 10.9. The molecule has 3 aliphatic rings. The molecule has 0 aromatic carbocycles. The van der Waals surface area contributed by atoms with Gasteiger partial charge < -0.3 is 14.7 Å². The van der Waals surface area contributed by atoms with Crippen molar-refractivity contribution >= 4 is 0 Å². The fraction of sp³-hybridized carbons (Fsp3) is 0.727. The number of rotatable bonds is 8. The first-order chi connectivity index (χ1) is 13.7. The van der Waals surface area contributed by atoms with Crippen LogP contribution in [-0.4, -0.2) is 84.5 Å². The molecule has 3 heterocycles. The number of hydrogen-bond acceptors (Lipinski definition) is 5. The average molecular weight is 383 g/mol. The fourth-order valence-corrected chi connectivity index (χ4v) is 4.68. The SMILES string of the molecule is [C-]#[N+]/C(C#N)=C1\N(CCCN2CC=CCC2)CCN1CCCN1CCCC1C. The van der Waals surface area contributed by atoms with Crippen molar-refractivity contribution in [1.29, 1.82) is 5.26 Å². The van der Waals surface area contributed by atoms with Crippen molar-refractivity contribution in [2.75, 3.05) is 58.9 Å². The van der Waals surface area contributed by atoms with Crippen molar-refractivity contribution in [2.45, 2.75) is 45.1 Å². The molecule has 0 bridgehead atoms. The van der Waals surface area contributed by atoms with Crippen LogP contribution in [0.2, 0.25) is 0 Å². The molecule has 6 nitrogen and oxygen atoms in total. The molecule has 2 saturated heterocycles. The molecular formula is C22H34N6. The van der Waals surface area contributed by atoms with E-state index in [0.717, 1.165) is 77.4 Å². The molecule has 1 atom stereocenters. The van der Waals surface area contributed by atoms with Crippen LogP contribution < -0.4 is 0 Å². The summed E-state index contributed by atoms with van der Waals surface area (Å²) in [4.78, 5) is 13.1. The van der Waals surface area contributed by atoms with E-state index >= 15 is 0 Å². The second kappa shape index (κ2) is 10.5. The van der Waals surface area contributed by atoms with Gasteiger partial charge >= 0.3 is 5.70 Å². The zero-order valence-electron chi connectivity index (χ0n) is 17.3. The highest BCUT2D eigenvalue weighted by Crippen LogP contribution is 2.24. The lowest BCUT2D eigenvalue weighted by atomic mass is 10.2. The van der Waals surface area contributed by atoms with Gasteiger partial charge in [-0.25, -0.2) is 10.1 Å². The van der Waals surface area contributed by atoms with Gasteiger partial charge in [-0.3, -0.25) is 4.90 Å². The number of allylic oxidation sites excluding steroid dienone is 1. The van der Waals surface area contributed by atoms with E-state index < -0.39 is 0 Å². The molecule has 28 heavy (non-hydrogen) atoms. The molecule has 3 rings (SSSR count). The minimum absolute atomic E-state index is 0.257. The van der Waals surface area contributed by atoms with Gasteiger partial charge in [0.05, 0.1) is 12.6 Å². The molecule has 0 amide bonds. The van der Waals surface area contributed by atoms with Gasteiger partial charge in [-0.15, -0.1) is 0 Å². The number of likely N-dealkylation sites (tertiary alicyclic amines) is 1. The number of hydrogen-bond donors (Lipinski definition) is 0. The molecule has 3 aliphatic heterocycles. The summed E-state index contributed by atoms with van der Waals surface area (Å²) in [7, 11) is 0. The van der Waals surface area contributed by atoms with Gasteiger partial charge in [-0.05, 0) is 45.6 Å². The van der Waals surface area contributed by atoms with Gasteiger partial charge in [0.25, 0.3) is 0 Å². The molecule has 0 aliphatic carbocycles. The standard InChI is InChI=1S/C22H34N6/c1-20-9-6-13-26(20)14-8-16-28-18-17-27(22(28)21(19-23)24-2)15-7-12-25-10-4-3-5-11-25/h3-4,20H,5-18H2,1H3/b22-21+. The highest BCUT2D eigenvalue weighted by Gasteiger charge is 2.28. The third-order valence-electron chi connectivity index (χ3n) is 6.28. The minimum Gasteiger partial charge on any atom is -0.365 e. The van der Waals surface area contributed by atoms with Crippen LogP contribution in [0.3, 0.4) is 0 Å². The van der Waals surface area contributed by atoms with E-state index in [0.29, 0.717) is 6.04 Å². The van der Waals surface area contributed by atoms with Gasteiger partial charge in [0, 0.05) is 58.4 Å². The van der Waals surface area contributed by atoms with Crippen LogP contribution in [0.1, 0.15) is 39.0 Å². The predicted molar refractivity (Wildman–Crippen MR) is 112 cm³/mol. The Kier molecular flexibility index (Phi) is 7.77. The summed E-state index contributed by atoms with van der Waals surface area (Å²) >= 11 is 0. The van der Waals surface area contributed by atoms with Crippen molar-refractivity contribution in [1.82, 2.24) is 19.6 Å². The molecule has 0 radical (unpaired) electrons. The smallest absolute Gasteiger partial charge is 0.300 e. The van der Waals surface area contributed by atoms with E-state index in [1.807, 2.05) is 0 Å². The summed E-state index contributed by atoms with van der Waals surface area (Å²) in [5, 5.41) is 9.49. The minimum atomic E-state index is 0.257. The Labute approximate surface area is 170 Å². The average Bonchev–Trinajstić information content (AvgIpc) is 3.31. The van der Waals surface area contributed by atoms with Crippen molar-refractivity contribution < 1.29 is 0 Å². The van der Waals surface area contributed by atoms with E-state index in [4.69, 9.17) is 6.57 Å². The van der Waals surface area contributed by atoms with Crippen molar-refractivity contribution in [3.8, 4) is 6.07 Å². The Morgan fingerprint density at radius 3 is 2.43 bits per heavy atom. The molecular weight excluding hydrogens is 348 g/mol. The highest BCUT2D eigenvalue weighted by molar-refractivity contribution is 5.33. The topological polar surface area (TPSA) is 41.1 Å². The van der Waals surface area contributed by atoms with Crippen LogP contribution in [-0.2, 0) is 0 Å². The van der Waals surface area contributed by atoms with Gasteiger partial charge in [0.15, 0.2) is 0 Å². The summed E-state index contributed by atoms with van der Waals surface area (Å²) in [5.41, 5.74) is 0.257. The molecule has 0 aromatic rings. The quantitative estimate of drug-likeness (QED) is 0.367. The highest BCUT2D eigenvalue weighted by atomic mass is 15.4. The second-order valence-electron chi connectivity index (χ2n) is 8.16. The Bertz CT molecular complexity index is 639. The summed E-state index contributed by atoms with van der Waals surface area (Å²) < 4.78 is 0. The normalized spacial score (nSPS) is 25.2. The lowest BCUT2D eigenvalue weighted by Crippen LogP contribution is -2.33. The molecule has 0 N–H and O–H groups in total. The van der Waals surface area contributed by atoms with E-state index in [2.05, 4.69) is 49.6 Å². The third-order valence-corrected chi connectivity index (χ3v) is 6.28. The molecule has 0 saturated carbocycles. The lowest BCUT2D eigenvalue weighted by molar-refractivity contribution is 0.242. The van der Waals surface area contributed by atoms with Crippen LogP contribution in [0.5, 0.6) is 0 Å². The van der Waals surface area contributed by atoms with Crippen molar-refractivity contribution in [2.24, 2.45) is 0 Å². The van der Waals surface area contributed by atoms with Gasteiger partial charge in [-0.2, -0.15) is 0 Å². The Morgan fingerprint density at radius 2 is 1.86 bits per heavy atom. The van der Waals surface area contributed by atoms with Crippen LogP contribution in [0, 0.1) is 17.9 Å². The summed E-state index contributed by atoms with van der Waals surface area (Å²) in [6, 6.07) is 2.85. The summed E-state index contributed by atoms with van der Waals surface area (Å²) in [5.74, 6) is 0.880. The molecule has 1 unspecified atom stereocenters.